The van der Waals surface area contributed by atoms with Gasteiger partial charge in [-0.05, 0) is 62.6 Å². The van der Waals surface area contributed by atoms with Gasteiger partial charge in [-0.15, -0.1) is 0 Å². The number of amides is 1. The van der Waals surface area contributed by atoms with E-state index in [4.69, 9.17) is 9.15 Å². The number of carbonyl (C=O) groups is 1. The number of aryl methyl sites for hydroxylation is 2. The van der Waals surface area contributed by atoms with E-state index in [1.54, 1.807) is 12.3 Å². The number of furan rings is 1. The molecule has 0 unspecified atom stereocenters. The van der Waals surface area contributed by atoms with Gasteiger partial charge in [0.2, 0.25) is 5.91 Å². The Hall–Kier alpha value is -3.12. The van der Waals surface area contributed by atoms with Gasteiger partial charge in [0.25, 0.3) is 0 Å². The topological polar surface area (TPSA) is 64.4 Å². The van der Waals surface area contributed by atoms with Crippen LogP contribution in [0.5, 0.6) is 5.75 Å². The molecule has 2 aromatic carbocycles. The maximum absolute atomic E-state index is 12.6. The van der Waals surface area contributed by atoms with Crippen molar-refractivity contribution in [3.63, 3.8) is 0 Å². The van der Waals surface area contributed by atoms with E-state index in [1.807, 2.05) is 52.0 Å². The lowest BCUT2D eigenvalue weighted by Gasteiger charge is -2.11. The van der Waals surface area contributed by atoms with E-state index in [-0.39, 0.29) is 5.91 Å². The van der Waals surface area contributed by atoms with E-state index in [0.717, 1.165) is 37.9 Å². The van der Waals surface area contributed by atoms with Crippen molar-refractivity contribution in [3.8, 4) is 5.75 Å². The van der Waals surface area contributed by atoms with Crippen LogP contribution in [0.1, 0.15) is 30.5 Å². The van der Waals surface area contributed by atoms with Crippen molar-refractivity contribution in [3.05, 3.63) is 59.4 Å². The molecule has 1 N–H and O–H groups in total. The normalized spacial score (nSPS) is 11.9. The van der Waals surface area contributed by atoms with E-state index >= 15 is 0 Å². The molecular weight excluding hydrogens is 384 g/mol. The van der Waals surface area contributed by atoms with Gasteiger partial charge in [0.15, 0.2) is 5.13 Å². The molecule has 0 saturated carbocycles. The second-order valence-corrected chi connectivity index (χ2v) is 8.03. The van der Waals surface area contributed by atoms with Crippen molar-refractivity contribution in [2.45, 2.75) is 27.7 Å². The lowest BCUT2D eigenvalue weighted by molar-refractivity contribution is -0.111. The Morgan fingerprint density at radius 1 is 1.28 bits per heavy atom. The van der Waals surface area contributed by atoms with Gasteiger partial charge >= 0.3 is 0 Å². The predicted molar refractivity (Wildman–Crippen MR) is 119 cm³/mol. The summed E-state index contributed by atoms with van der Waals surface area (Å²) in [6.45, 7) is 8.40. The highest BCUT2D eigenvalue weighted by molar-refractivity contribution is 7.22. The molecule has 4 rings (SSSR count). The fourth-order valence-corrected chi connectivity index (χ4v) is 4.23. The third kappa shape index (κ3) is 3.89. The fourth-order valence-electron chi connectivity index (χ4n) is 3.27. The minimum atomic E-state index is -0.218. The van der Waals surface area contributed by atoms with E-state index < -0.39 is 0 Å². The molecule has 0 fully saturated rings. The molecule has 0 aliphatic heterocycles. The molecular formula is C23H22N2O3S. The minimum absolute atomic E-state index is 0.218. The molecule has 29 heavy (non-hydrogen) atoms. The first-order chi connectivity index (χ1) is 13.9. The smallest absolute Gasteiger partial charge is 0.250 e. The summed E-state index contributed by atoms with van der Waals surface area (Å²) < 4.78 is 12.4. The number of hydrogen-bond acceptors (Lipinski definition) is 5. The first-order valence-corrected chi connectivity index (χ1v) is 10.3. The number of benzene rings is 2. The summed E-state index contributed by atoms with van der Waals surface area (Å²) in [5.74, 6) is 0.483. The zero-order chi connectivity index (χ0) is 20.5. The lowest BCUT2D eigenvalue weighted by Crippen LogP contribution is -2.08. The number of thiazole rings is 1. The Kier molecular flexibility index (Phi) is 5.11. The van der Waals surface area contributed by atoms with Gasteiger partial charge in [-0.25, -0.2) is 4.98 Å². The number of rotatable bonds is 5. The van der Waals surface area contributed by atoms with E-state index in [2.05, 4.69) is 16.4 Å². The van der Waals surface area contributed by atoms with Crippen LogP contribution >= 0.6 is 11.3 Å². The number of anilines is 1. The molecule has 6 heteroatoms. The number of fused-ring (bicyclic) bond motifs is 2. The van der Waals surface area contributed by atoms with Crippen LogP contribution in [0.15, 0.2) is 47.1 Å². The predicted octanol–water partition coefficient (Wildman–Crippen LogP) is 6.10. The average molecular weight is 407 g/mol. The zero-order valence-corrected chi connectivity index (χ0v) is 17.6. The molecule has 0 saturated heterocycles. The monoisotopic (exact) mass is 406 g/mol. The van der Waals surface area contributed by atoms with Gasteiger partial charge in [0.05, 0.1) is 23.1 Å². The molecule has 0 aliphatic carbocycles. The third-order valence-electron chi connectivity index (χ3n) is 4.72. The largest absolute Gasteiger partial charge is 0.493 e. The zero-order valence-electron chi connectivity index (χ0n) is 16.8. The molecule has 148 valence electrons. The Balaban J connectivity index is 1.63. The number of allylic oxidation sites excluding steroid dienone is 1. The van der Waals surface area contributed by atoms with Crippen LogP contribution in [0.2, 0.25) is 0 Å². The van der Waals surface area contributed by atoms with E-state index in [0.29, 0.717) is 17.5 Å². The number of hydrogen-bond donors (Lipinski definition) is 1. The van der Waals surface area contributed by atoms with Crippen LogP contribution in [0.3, 0.4) is 0 Å². The number of nitrogens with zero attached hydrogens (tertiary/aromatic N) is 1. The fraction of sp³-hybridized carbons (Fsp3) is 0.217. The van der Waals surface area contributed by atoms with Gasteiger partial charge in [0, 0.05) is 23.1 Å². The molecule has 5 nitrogen and oxygen atoms in total. The average Bonchev–Trinajstić information content (AvgIpc) is 3.23. The summed E-state index contributed by atoms with van der Waals surface area (Å²) in [5.41, 5.74) is 5.56. The minimum Gasteiger partial charge on any atom is -0.493 e. The highest BCUT2D eigenvalue weighted by Crippen LogP contribution is 2.34. The Morgan fingerprint density at radius 3 is 2.90 bits per heavy atom. The summed E-state index contributed by atoms with van der Waals surface area (Å²) in [7, 11) is 0. The van der Waals surface area contributed by atoms with Crippen LogP contribution < -0.4 is 10.1 Å². The highest BCUT2D eigenvalue weighted by Gasteiger charge is 2.13. The third-order valence-corrected chi connectivity index (χ3v) is 5.65. The van der Waals surface area contributed by atoms with Crippen LogP contribution in [0.25, 0.3) is 26.8 Å². The van der Waals surface area contributed by atoms with Crippen LogP contribution in [-0.4, -0.2) is 17.5 Å². The SMILES string of the molecule is CCOc1cc2occ(C)c2cc1/C(C)=C/C(=O)Nc1nc2ccc(C)cc2s1. The van der Waals surface area contributed by atoms with Gasteiger partial charge in [-0.2, -0.15) is 0 Å². The van der Waals surface area contributed by atoms with E-state index in [9.17, 15) is 4.79 Å². The molecule has 1 amide bonds. The molecule has 0 atom stereocenters. The highest BCUT2D eigenvalue weighted by atomic mass is 32.1. The number of nitrogens with one attached hydrogen (secondary N) is 1. The Bertz CT molecular complexity index is 1250. The quantitative estimate of drug-likeness (QED) is 0.407. The van der Waals surface area contributed by atoms with Crippen molar-refractivity contribution in [2.75, 3.05) is 11.9 Å². The maximum Gasteiger partial charge on any atom is 0.250 e. The Labute approximate surface area is 173 Å². The van der Waals surface area contributed by atoms with Crippen molar-refractivity contribution >= 4 is 49.1 Å². The van der Waals surface area contributed by atoms with Gasteiger partial charge in [-0.1, -0.05) is 17.4 Å². The van der Waals surface area contributed by atoms with Gasteiger partial charge in [-0.3, -0.25) is 10.1 Å². The van der Waals surface area contributed by atoms with Crippen LogP contribution in [0, 0.1) is 13.8 Å². The number of carbonyl (C=O) groups excluding carboxylic acids is 1. The molecule has 0 radical (unpaired) electrons. The van der Waals surface area contributed by atoms with Gasteiger partial charge < -0.3 is 9.15 Å². The molecule has 0 bridgehead atoms. The molecule has 0 spiro atoms. The maximum atomic E-state index is 12.6. The van der Waals surface area contributed by atoms with Crippen molar-refractivity contribution in [2.24, 2.45) is 0 Å². The molecule has 2 aromatic heterocycles. The standard InChI is InChI=1S/C23H22N2O3S/c1-5-27-19-11-20-17(15(4)12-28-20)10-16(19)14(3)9-22(26)25-23-24-18-7-6-13(2)8-21(18)29-23/h6-12H,5H2,1-4H3,(H,24,25,26)/b14-9+. The van der Waals surface area contributed by atoms with Crippen LogP contribution in [-0.2, 0) is 4.79 Å². The summed E-state index contributed by atoms with van der Waals surface area (Å²) in [4.78, 5) is 17.1. The second kappa shape index (κ2) is 7.72. The molecule has 2 heterocycles. The number of aromatic nitrogens is 1. The molecule has 4 aromatic rings. The van der Waals surface area contributed by atoms with Gasteiger partial charge in [0.1, 0.15) is 11.3 Å². The summed E-state index contributed by atoms with van der Waals surface area (Å²) >= 11 is 1.47. The summed E-state index contributed by atoms with van der Waals surface area (Å²) in [6.07, 6.45) is 3.31. The van der Waals surface area contributed by atoms with Crippen molar-refractivity contribution in [1.82, 2.24) is 4.98 Å². The second-order valence-electron chi connectivity index (χ2n) is 7.00. The Morgan fingerprint density at radius 2 is 2.10 bits per heavy atom. The van der Waals surface area contributed by atoms with Crippen LogP contribution in [0.4, 0.5) is 5.13 Å². The number of ether oxygens (including phenoxy) is 1. The molecule has 0 aliphatic rings. The van der Waals surface area contributed by atoms with Crippen molar-refractivity contribution in [1.29, 1.82) is 0 Å². The first-order valence-electron chi connectivity index (χ1n) is 9.46. The summed E-state index contributed by atoms with van der Waals surface area (Å²) in [5, 5.41) is 4.48. The van der Waals surface area contributed by atoms with Crippen molar-refractivity contribution < 1.29 is 13.9 Å². The summed E-state index contributed by atoms with van der Waals surface area (Å²) in [6, 6.07) is 9.95. The first kappa shape index (κ1) is 19.2. The lowest BCUT2D eigenvalue weighted by atomic mass is 10.0. The van der Waals surface area contributed by atoms with E-state index in [1.165, 1.54) is 16.9 Å².